The van der Waals surface area contributed by atoms with Crippen LogP contribution in [0.4, 0.5) is 0 Å². The summed E-state index contributed by atoms with van der Waals surface area (Å²) in [7, 11) is 1.76. The Bertz CT molecular complexity index is 197. The van der Waals surface area contributed by atoms with Crippen LogP contribution in [-0.2, 0) is 0 Å². The van der Waals surface area contributed by atoms with E-state index in [9.17, 15) is 0 Å². The minimum absolute atomic E-state index is 0.354. The normalized spacial score (nSPS) is 15.6. The third-order valence-electron chi connectivity index (χ3n) is 0.907. The van der Waals surface area contributed by atoms with Gasteiger partial charge in [0.05, 0.1) is 0 Å². The molecule has 0 aromatic carbocycles. The van der Waals surface area contributed by atoms with E-state index in [0.29, 0.717) is 5.82 Å². The predicted molar refractivity (Wildman–Crippen MR) is 31.7 cm³/mol. The average Bonchev–Trinajstić information content (AvgIpc) is 1.77. The van der Waals surface area contributed by atoms with Crippen molar-refractivity contribution in [3.05, 3.63) is 29.4 Å². The molecule has 0 aromatic rings. The first kappa shape index (κ1) is 4.92. The van der Waals surface area contributed by atoms with Gasteiger partial charge in [0.2, 0.25) is 0 Å². The van der Waals surface area contributed by atoms with Gasteiger partial charge in [0.1, 0.15) is 0 Å². The molecule has 1 heterocycles. The van der Waals surface area contributed by atoms with E-state index in [1.165, 1.54) is 0 Å². The third-order valence-corrected chi connectivity index (χ3v) is 0.907. The Balaban J connectivity index is 3.10. The predicted octanol–water partition coefficient (Wildman–Crippen LogP) is 0.917. The van der Waals surface area contributed by atoms with Crippen LogP contribution in [0.2, 0.25) is 0 Å². The lowest BCUT2D eigenvalue weighted by molar-refractivity contribution is -0.430. The number of rotatable bonds is 0. The molecule has 40 valence electrons. The minimum Gasteiger partial charge on any atom is -0.289 e. The maximum absolute atomic E-state index is 7.10. The van der Waals surface area contributed by atoms with Crippen molar-refractivity contribution in [2.24, 2.45) is 0 Å². The first-order valence-electron chi connectivity index (χ1n) is 2.31. The topological polar surface area (TPSA) is 26.8 Å². The molecule has 0 aromatic heterocycles. The fourth-order valence-electron chi connectivity index (χ4n) is 0.431. The molecule has 0 aliphatic carbocycles. The van der Waals surface area contributed by atoms with Gasteiger partial charge >= 0.3 is 0 Å². The quantitative estimate of drug-likeness (QED) is 0.324. The number of nitrogens with zero attached hydrogens (tertiary/aromatic N) is 1. The molecule has 0 saturated heterocycles. The van der Waals surface area contributed by atoms with Gasteiger partial charge in [-0.2, -0.15) is 0 Å². The van der Waals surface area contributed by atoms with Crippen molar-refractivity contribution in [2.45, 2.75) is 0 Å². The zero-order chi connectivity index (χ0) is 5.98. The summed E-state index contributed by atoms with van der Waals surface area (Å²) in [5, 5.41) is 0. The van der Waals surface area contributed by atoms with Crippen LogP contribution in [0.1, 0.15) is 0 Å². The first-order valence-corrected chi connectivity index (χ1v) is 2.31. The lowest BCUT2D eigenvalue weighted by atomic mass is 10.5. The smallest absolute Gasteiger partial charge is 0.176 e. The molecule has 1 aliphatic rings. The lowest BCUT2D eigenvalue weighted by Gasteiger charge is -1.97. The van der Waals surface area contributed by atoms with Crippen LogP contribution < -0.4 is 0 Å². The maximum atomic E-state index is 7.10. The number of hydrogen-bond acceptors (Lipinski definition) is 0. The highest BCUT2D eigenvalue weighted by molar-refractivity contribution is 5.51. The molecule has 0 bridgehead atoms. The summed E-state index contributed by atoms with van der Waals surface area (Å²) >= 11 is 0. The molecule has 1 aliphatic heterocycles. The third kappa shape index (κ3) is 0.710. The van der Waals surface area contributed by atoms with Gasteiger partial charge in [0.15, 0.2) is 5.82 Å². The highest BCUT2D eigenvalue weighted by Gasteiger charge is 1.85. The monoisotopic (exact) mass is 106 g/mol. The molecule has 1 rings (SSSR count). The molecule has 1 N–H and O–H groups in total. The summed E-state index contributed by atoms with van der Waals surface area (Å²) in [5.74, 6) is 3.15. The Kier molecular flexibility index (Phi) is 1.05. The minimum atomic E-state index is 0.354. The van der Waals surface area contributed by atoms with E-state index in [1.807, 2.05) is 0 Å². The van der Waals surface area contributed by atoms with Gasteiger partial charge in [-0.05, 0) is 11.9 Å². The highest BCUT2D eigenvalue weighted by atomic mass is 15.0. The molecule has 0 radical (unpaired) electrons. The van der Waals surface area contributed by atoms with Crippen LogP contribution >= 0.6 is 0 Å². The van der Waals surface area contributed by atoms with Gasteiger partial charge in [-0.25, -0.2) is 0 Å². The molecule has 0 spiro atoms. The van der Waals surface area contributed by atoms with Crippen molar-refractivity contribution in [3.8, 4) is 0 Å². The standard InChI is InChI=1S/C6H6N2/c1-8-5-3-2-4-6(8)7/h2-3,7H,1H3. The Morgan fingerprint density at radius 3 is 2.75 bits per heavy atom. The Labute approximate surface area is 47.9 Å². The number of hydrogen-bond donors (Lipinski definition) is 0. The Morgan fingerprint density at radius 1 is 1.62 bits per heavy atom. The van der Waals surface area contributed by atoms with Crippen molar-refractivity contribution < 1.29 is 4.58 Å². The molecule has 0 fully saturated rings. The van der Waals surface area contributed by atoms with Crippen molar-refractivity contribution in [3.63, 3.8) is 0 Å². The van der Waals surface area contributed by atoms with Crippen LogP contribution in [0.25, 0.3) is 5.73 Å². The Morgan fingerprint density at radius 2 is 2.38 bits per heavy atom. The van der Waals surface area contributed by atoms with E-state index in [-0.39, 0.29) is 0 Å². The van der Waals surface area contributed by atoms with Crippen molar-refractivity contribution >= 4 is 5.87 Å². The van der Waals surface area contributed by atoms with Crippen LogP contribution in [0.15, 0.2) is 23.7 Å². The lowest BCUT2D eigenvalue weighted by Crippen LogP contribution is -1.99. The molecule has 2 heteroatoms. The molecule has 8 heavy (non-hydrogen) atoms. The van der Waals surface area contributed by atoms with E-state index in [1.54, 1.807) is 23.8 Å². The highest BCUT2D eigenvalue weighted by Crippen LogP contribution is 1.91. The molecule has 0 atom stereocenters. The summed E-state index contributed by atoms with van der Waals surface area (Å²) in [6.45, 7) is 0. The fourth-order valence-corrected chi connectivity index (χ4v) is 0.431. The van der Waals surface area contributed by atoms with Gasteiger partial charge in [0, 0.05) is 13.1 Å². The van der Waals surface area contributed by atoms with Crippen LogP contribution in [0.5, 0.6) is 0 Å². The summed E-state index contributed by atoms with van der Waals surface area (Å²) in [4.78, 5) is 0. The second kappa shape index (κ2) is 1.71. The molecule has 2 nitrogen and oxygen atoms in total. The van der Waals surface area contributed by atoms with Crippen LogP contribution in [0, 0.1) is 0 Å². The van der Waals surface area contributed by atoms with Crippen LogP contribution in [0.3, 0.4) is 0 Å². The van der Waals surface area contributed by atoms with E-state index < -0.39 is 0 Å². The van der Waals surface area contributed by atoms with Gasteiger partial charge in [-0.1, -0.05) is 5.73 Å². The molecule has 0 unspecified atom stereocenters. The molecular weight excluding hydrogens is 100 g/mol. The van der Waals surface area contributed by atoms with Crippen LogP contribution in [-0.4, -0.2) is 17.5 Å². The number of allylic oxidation sites excluding steroid dienone is 2. The maximum Gasteiger partial charge on any atom is 0.176 e. The second-order valence-electron chi connectivity index (χ2n) is 1.51. The Hall–Kier alpha value is -1.23. The SMILES string of the molecule is C[N+]1=C=CC=C=C1[NH-]. The van der Waals surface area contributed by atoms with Crippen molar-refractivity contribution in [1.29, 1.82) is 0 Å². The first-order chi connectivity index (χ1) is 3.80. The van der Waals surface area contributed by atoms with Gasteiger partial charge in [-0.3, -0.25) is 10.3 Å². The largest absolute Gasteiger partial charge is 0.289 e. The zero-order valence-corrected chi connectivity index (χ0v) is 4.60. The van der Waals surface area contributed by atoms with E-state index >= 15 is 0 Å². The summed E-state index contributed by atoms with van der Waals surface area (Å²) in [6, 6.07) is 0. The van der Waals surface area contributed by atoms with Gasteiger partial charge < -0.3 is 0 Å². The molecule has 0 amide bonds. The van der Waals surface area contributed by atoms with E-state index in [4.69, 9.17) is 5.73 Å². The molecule has 0 saturated carbocycles. The zero-order valence-electron chi connectivity index (χ0n) is 4.60. The van der Waals surface area contributed by atoms with Crippen molar-refractivity contribution in [2.75, 3.05) is 7.05 Å². The van der Waals surface area contributed by atoms with Crippen molar-refractivity contribution in [1.82, 2.24) is 0 Å². The fraction of sp³-hybridized carbons (Fsp3) is 0.167. The van der Waals surface area contributed by atoms with Gasteiger partial charge in [0.25, 0.3) is 0 Å². The summed E-state index contributed by atoms with van der Waals surface area (Å²) in [5.41, 5.74) is 9.79. The second-order valence-corrected chi connectivity index (χ2v) is 1.51. The van der Waals surface area contributed by atoms with Gasteiger partial charge in [-0.15, -0.1) is 0 Å². The summed E-state index contributed by atoms with van der Waals surface area (Å²) < 4.78 is 1.57. The summed E-state index contributed by atoms with van der Waals surface area (Å²) in [6.07, 6.45) is 3.39. The molecular formula is C6H6N2. The average molecular weight is 106 g/mol. The number of nitrogens with one attached hydrogen (secondary N) is 1. The van der Waals surface area contributed by atoms with E-state index in [2.05, 4.69) is 11.6 Å². The van der Waals surface area contributed by atoms with E-state index in [0.717, 1.165) is 0 Å².